The number of carbonyl (C=O) groups is 1. The monoisotopic (exact) mass is 292 g/mol. The number of hydrogen-bond donors (Lipinski definition) is 1. The van der Waals surface area contributed by atoms with Crippen LogP contribution in [0.3, 0.4) is 0 Å². The fraction of sp³-hybridized carbons (Fsp3) is 0.909. The number of sulfonamides is 1. The maximum Gasteiger partial charge on any atom is 0.223 e. The van der Waals surface area contributed by atoms with Crippen molar-refractivity contribution in [3.05, 3.63) is 0 Å². The van der Waals surface area contributed by atoms with Crippen molar-refractivity contribution in [2.24, 2.45) is 0 Å². The maximum atomic E-state index is 12.0. The lowest BCUT2D eigenvalue weighted by Crippen LogP contribution is -2.42. The first-order valence-electron chi connectivity index (χ1n) is 6.50. The smallest absolute Gasteiger partial charge is 0.223 e. The lowest BCUT2D eigenvalue weighted by atomic mass is 10.3. The van der Waals surface area contributed by atoms with Gasteiger partial charge in [-0.05, 0) is 6.42 Å². The van der Waals surface area contributed by atoms with Crippen LogP contribution >= 0.6 is 0 Å². The summed E-state index contributed by atoms with van der Waals surface area (Å²) in [7, 11) is -3.38. The zero-order chi connectivity index (χ0) is 13.9. The number of amides is 1. The highest BCUT2D eigenvalue weighted by Crippen LogP contribution is 2.12. The molecule has 0 aromatic rings. The minimum absolute atomic E-state index is 0.0214. The fourth-order valence-corrected chi connectivity index (χ4v) is 3.69. The third-order valence-corrected chi connectivity index (χ3v) is 5.33. The third-order valence-electron chi connectivity index (χ3n) is 3.45. The molecule has 1 N–H and O–H groups in total. The Labute approximate surface area is 113 Å². The van der Waals surface area contributed by atoms with Gasteiger partial charge in [0.2, 0.25) is 15.9 Å². The topological polar surface area (TPSA) is 87.2 Å². The Hall–Kier alpha value is -0.700. The molecule has 0 aromatic carbocycles. The Balaban J connectivity index is 1.82. The largest absolute Gasteiger partial charge is 0.391 e. The normalized spacial score (nSPS) is 25.7. The van der Waals surface area contributed by atoms with Gasteiger partial charge in [0.05, 0.1) is 25.1 Å². The summed E-state index contributed by atoms with van der Waals surface area (Å²) in [5.41, 5.74) is 0. The van der Waals surface area contributed by atoms with Crippen molar-refractivity contribution in [3.63, 3.8) is 0 Å². The second kappa shape index (κ2) is 6.17. The lowest BCUT2D eigenvalue weighted by molar-refractivity contribution is -0.130. The molecular weight excluding hydrogens is 272 g/mol. The summed E-state index contributed by atoms with van der Waals surface area (Å²) in [4.78, 5) is 13.4. The summed E-state index contributed by atoms with van der Waals surface area (Å²) in [5, 5.41) is 9.35. The molecule has 0 aliphatic carbocycles. The lowest BCUT2D eigenvalue weighted by Gasteiger charge is -2.26. The van der Waals surface area contributed by atoms with Crippen LogP contribution in [-0.2, 0) is 19.6 Å². The van der Waals surface area contributed by atoms with Crippen LogP contribution in [0.15, 0.2) is 0 Å². The van der Waals surface area contributed by atoms with Gasteiger partial charge in [0, 0.05) is 32.6 Å². The van der Waals surface area contributed by atoms with E-state index in [4.69, 9.17) is 4.74 Å². The molecule has 19 heavy (non-hydrogen) atoms. The molecule has 0 radical (unpaired) electrons. The minimum Gasteiger partial charge on any atom is -0.391 e. The molecule has 0 spiro atoms. The van der Waals surface area contributed by atoms with Crippen molar-refractivity contribution in [3.8, 4) is 0 Å². The molecule has 0 bridgehead atoms. The molecule has 2 rings (SSSR count). The standard InChI is InChI=1S/C11H20N2O5S/c14-10-1-3-12(9-10)11(15)2-8-19(16,17)13-4-6-18-7-5-13/h10,14H,1-9H2/t10-/m0/s1. The molecule has 2 aliphatic rings. The molecule has 0 saturated carbocycles. The number of likely N-dealkylation sites (tertiary alicyclic amines) is 1. The van der Waals surface area contributed by atoms with Gasteiger partial charge < -0.3 is 14.7 Å². The van der Waals surface area contributed by atoms with Crippen LogP contribution in [0.25, 0.3) is 0 Å². The van der Waals surface area contributed by atoms with Crippen LogP contribution < -0.4 is 0 Å². The van der Waals surface area contributed by atoms with Crippen LogP contribution in [0, 0.1) is 0 Å². The first-order valence-corrected chi connectivity index (χ1v) is 8.11. The number of aliphatic hydroxyl groups excluding tert-OH is 1. The Bertz CT molecular complexity index is 419. The summed E-state index contributed by atoms with van der Waals surface area (Å²) in [6.45, 7) is 2.36. The molecule has 110 valence electrons. The van der Waals surface area contributed by atoms with Gasteiger partial charge in [-0.15, -0.1) is 0 Å². The van der Waals surface area contributed by atoms with Crippen molar-refractivity contribution in [2.45, 2.75) is 18.9 Å². The number of morpholine rings is 1. The van der Waals surface area contributed by atoms with Gasteiger partial charge in [0.15, 0.2) is 0 Å². The Morgan fingerprint density at radius 2 is 1.95 bits per heavy atom. The van der Waals surface area contributed by atoms with Gasteiger partial charge in [0.25, 0.3) is 0 Å². The van der Waals surface area contributed by atoms with E-state index >= 15 is 0 Å². The number of ether oxygens (including phenoxy) is 1. The predicted octanol–water partition coefficient (Wildman–Crippen LogP) is -1.37. The van der Waals surface area contributed by atoms with Crippen LogP contribution in [0.2, 0.25) is 0 Å². The van der Waals surface area contributed by atoms with Gasteiger partial charge in [-0.3, -0.25) is 4.79 Å². The summed E-state index contributed by atoms with van der Waals surface area (Å²) in [5.74, 6) is -0.369. The zero-order valence-corrected chi connectivity index (χ0v) is 11.6. The average molecular weight is 292 g/mol. The minimum atomic E-state index is -3.38. The summed E-state index contributed by atoms with van der Waals surface area (Å²) < 4.78 is 30.5. The zero-order valence-electron chi connectivity index (χ0n) is 10.8. The van der Waals surface area contributed by atoms with Gasteiger partial charge in [-0.25, -0.2) is 8.42 Å². The molecule has 2 heterocycles. The quantitative estimate of drug-likeness (QED) is 0.691. The first kappa shape index (κ1) is 14.7. The molecule has 0 aromatic heterocycles. The van der Waals surface area contributed by atoms with E-state index in [1.165, 1.54) is 9.21 Å². The van der Waals surface area contributed by atoms with Gasteiger partial charge in [-0.1, -0.05) is 0 Å². The molecule has 2 fully saturated rings. The van der Waals surface area contributed by atoms with E-state index in [0.29, 0.717) is 45.8 Å². The van der Waals surface area contributed by atoms with E-state index in [0.717, 1.165) is 0 Å². The number of β-amino-alcohol motifs (C(OH)–C–C–N with tert-alkyl or cyclic N) is 1. The highest BCUT2D eigenvalue weighted by atomic mass is 32.2. The Kier molecular flexibility index (Phi) is 4.77. The van der Waals surface area contributed by atoms with Crippen molar-refractivity contribution in [1.82, 2.24) is 9.21 Å². The highest BCUT2D eigenvalue weighted by molar-refractivity contribution is 7.89. The second-order valence-electron chi connectivity index (χ2n) is 4.86. The molecule has 2 saturated heterocycles. The van der Waals surface area contributed by atoms with Crippen LogP contribution in [-0.4, -0.2) is 79.9 Å². The average Bonchev–Trinajstić information content (AvgIpc) is 2.84. The molecule has 8 heteroatoms. The summed E-state index contributed by atoms with van der Waals surface area (Å²) in [6.07, 6.45) is 0.0776. The number of aliphatic hydroxyl groups is 1. The third kappa shape index (κ3) is 3.88. The number of rotatable bonds is 4. The van der Waals surface area contributed by atoms with Crippen molar-refractivity contribution >= 4 is 15.9 Å². The summed E-state index contributed by atoms with van der Waals surface area (Å²) in [6, 6.07) is 0. The van der Waals surface area contributed by atoms with Crippen LogP contribution in [0.1, 0.15) is 12.8 Å². The fourth-order valence-electron chi connectivity index (χ4n) is 2.30. The van der Waals surface area contributed by atoms with Crippen molar-refractivity contribution in [1.29, 1.82) is 0 Å². The molecule has 7 nitrogen and oxygen atoms in total. The van der Waals surface area contributed by atoms with Gasteiger partial charge in [-0.2, -0.15) is 4.31 Å². The van der Waals surface area contributed by atoms with Crippen LogP contribution in [0.4, 0.5) is 0 Å². The van der Waals surface area contributed by atoms with E-state index in [9.17, 15) is 18.3 Å². The molecule has 2 aliphatic heterocycles. The Morgan fingerprint density at radius 3 is 2.53 bits per heavy atom. The van der Waals surface area contributed by atoms with Crippen molar-refractivity contribution in [2.75, 3.05) is 45.1 Å². The second-order valence-corrected chi connectivity index (χ2v) is 6.95. The van der Waals surface area contributed by atoms with Gasteiger partial charge in [0.1, 0.15) is 0 Å². The van der Waals surface area contributed by atoms with E-state index in [2.05, 4.69) is 0 Å². The van der Waals surface area contributed by atoms with Crippen molar-refractivity contribution < 1.29 is 23.1 Å². The van der Waals surface area contributed by atoms with E-state index in [1.807, 2.05) is 0 Å². The van der Waals surface area contributed by atoms with Gasteiger partial charge >= 0.3 is 0 Å². The predicted molar refractivity (Wildman–Crippen MR) is 68.0 cm³/mol. The Morgan fingerprint density at radius 1 is 1.26 bits per heavy atom. The number of hydrogen-bond acceptors (Lipinski definition) is 5. The van der Waals surface area contributed by atoms with E-state index in [1.54, 1.807) is 0 Å². The molecule has 1 amide bonds. The number of nitrogens with zero attached hydrogens (tertiary/aromatic N) is 2. The maximum absolute atomic E-state index is 12.0. The SMILES string of the molecule is O=C(CCS(=O)(=O)N1CCOCC1)N1CC[C@H](O)C1. The molecule has 1 atom stereocenters. The molecule has 0 unspecified atom stereocenters. The molecular formula is C11H20N2O5S. The highest BCUT2D eigenvalue weighted by Gasteiger charge is 2.28. The summed E-state index contributed by atoms with van der Waals surface area (Å²) >= 11 is 0. The number of carbonyl (C=O) groups excluding carboxylic acids is 1. The first-order chi connectivity index (χ1) is 8.99. The van der Waals surface area contributed by atoms with E-state index < -0.39 is 16.1 Å². The van der Waals surface area contributed by atoms with E-state index in [-0.39, 0.29) is 18.1 Å². The van der Waals surface area contributed by atoms with Crippen LogP contribution in [0.5, 0.6) is 0 Å².